The van der Waals surface area contributed by atoms with Gasteiger partial charge in [-0.3, -0.25) is 0 Å². The highest BCUT2D eigenvalue weighted by Gasteiger charge is 2.23. The molecular weight excluding hydrogens is 599 g/mol. The van der Waals surface area contributed by atoms with Crippen molar-refractivity contribution in [1.29, 1.82) is 0 Å². The quantitative estimate of drug-likeness (QED) is 0.184. The van der Waals surface area contributed by atoms with Crippen LogP contribution in [0.15, 0.2) is 156 Å². The monoisotopic (exact) mass is 623 g/mol. The van der Waals surface area contributed by atoms with E-state index in [1.54, 1.807) is 0 Å². The molecule has 8 aromatic carbocycles. The van der Waals surface area contributed by atoms with Crippen LogP contribution >= 0.6 is 0 Å². The number of fused-ring (bicyclic) bond motifs is 9. The SMILES string of the molecule is c1ccc(-c2nc(-c3cc4c5c(cccc5c3)-c3ccccc3-4)nc(-c3cccc4oc5cc6ccc7ccccc7c6cc5c34)n2)cc1. The van der Waals surface area contributed by atoms with Crippen molar-refractivity contribution < 1.29 is 4.42 Å². The number of aromatic nitrogens is 3. The Morgan fingerprint density at radius 3 is 1.90 bits per heavy atom. The summed E-state index contributed by atoms with van der Waals surface area (Å²) in [6.45, 7) is 0. The van der Waals surface area contributed by atoms with Crippen molar-refractivity contribution in [3.05, 3.63) is 152 Å². The van der Waals surface area contributed by atoms with Gasteiger partial charge in [0.25, 0.3) is 0 Å². The average Bonchev–Trinajstić information content (AvgIpc) is 3.70. The summed E-state index contributed by atoms with van der Waals surface area (Å²) in [7, 11) is 0. The van der Waals surface area contributed by atoms with E-state index >= 15 is 0 Å². The Morgan fingerprint density at radius 1 is 0.327 bits per heavy atom. The van der Waals surface area contributed by atoms with E-state index < -0.39 is 0 Å². The maximum absolute atomic E-state index is 6.51. The van der Waals surface area contributed by atoms with Gasteiger partial charge in [0.05, 0.1) is 0 Å². The second kappa shape index (κ2) is 9.93. The molecule has 2 aromatic heterocycles. The molecule has 0 radical (unpaired) electrons. The van der Waals surface area contributed by atoms with Crippen LogP contribution in [0.1, 0.15) is 0 Å². The van der Waals surface area contributed by atoms with E-state index in [0.717, 1.165) is 44.0 Å². The fraction of sp³-hybridized carbons (Fsp3) is 0. The summed E-state index contributed by atoms with van der Waals surface area (Å²) < 4.78 is 6.51. The molecule has 0 saturated heterocycles. The van der Waals surface area contributed by atoms with Crippen LogP contribution in [-0.4, -0.2) is 15.0 Å². The van der Waals surface area contributed by atoms with Crippen LogP contribution in [0.2, 0.25) is 0 Å². The molecule has 226 valence electrons. The van der Waals surface area contributed by atoms with E-state index in [1.165, 1.54) is 49.2 Å². The summed E-state index contributed by atoms with van der Waals surface area (Å²) in [5.74, 6) is 1.88. The molecule has 0 atom stereocenters. The van der Waals surface area contributed by atoms with Gasteiger partial charge in [-0.1, -0.05) is 121 Å². The lowest BCUT2D eigenvalue weighted by atomic mass is 9.98. The van der Waals surface area contributed by atoms with E-state index in [2.05, 4.69) is 121 Å². The van der Waals surface area contributed by atoms with Gasteiger partial charge < -0.3 is 4.42 Å². The fourth-order valence-corrected chi connectivity index (χ4v) is 7.80. The van der Waals surface area contributed by atoms with E-state index in [0.29, 0.717) is 17.5 Å². The molecular formula is C45H25N3O. The summed E-state index contributed by atoms with van der Waals surface area (Å²) in [6, 6.07) is 53.2. The molecule has 49 heavy (non-hydrogen) atoms. The van der Waals surface area contributed by atoms with Gasteiger partial charge in [-0.2, -0.15) is 0 Å². The van der Waals surface area contributed by atoms with Crippen LogP contribution in [0.25, 0.3) is 111 Å². The van der Waals surface area contributed by atoms with Crippen molar-refractivity contribution in [2.24, 2.45) is 0 Å². The molecule has 1 aliphatic rings. The van der Waals surface area contributed by atoms with Gasteiger partial charge in [-0.25, -0.2) is 15.0 Å². The first-order valence-electron chi connectivity index (χ1n) is 16.5. The molecule has 10 aromatic rings. The van der Waals surface area contributed by atoms with Crippen molar-refractivity contribution in [3.63, 3.8) is 0 Å². The maximum atomic E-state index is 6.51. The standard InChI is InChI=1S/C45H25N3O/c1-2-11-27(12-3-1)43-46-44(30-22-29-13-8-17-34-32-15-6-7-16-33(32)37(23-30)41(29)34)48-45(47-43)35-18-9-19-39-42(35)38-25-36-28(24-40(38)49-39)21-20-26-10-4-5-14-31(26)36/h1-25H. The number of hydrogen-bond donors (Lipinski definition) is 0. The predicted molar refractivity (Wildman–Crippen MR) is 200 cm³/mol. The minimum atomic E-state index is 0.612. The van der Waals surface area contributed by atoms with Crippen molar-refractivity contribution in [3.8, 4) is 56.4 Å². The first-order chi connectivity index (χ1) is 24.3. The highest BCUT2D eigenvalue weighted by molar-refractivity contribution is 6.19. The number of furan rings is 1. The Kier molecular flexibility index (Phi) is 5.35. The summed E-state index contributed by atoms with van der Waals surface area (Å²) in [5.41, 5.74) is 9.44. The largest absolute Gasteiger partial charge is 0.456 e. The van der Waals surface area contributed by atoms with E-state index in [1.807, 2.05) is 30.3 Å². The zero-order valence-electron chi connectivity index (χ0n) is 26.2. The summed E-state index contributed by atoms with van der Waals surface area (Å²) in [6.07, 6.45) is 0. The normalized spacial score (nSPS) is 12.1. The van der Waals surface area contributed by atoms with Crippen LogP contribution in [0.3, 0.4) is 0 Å². The Morgan fingerprint density at radius 2 is 1.00 bits per heavy atom. The van der Waals surface area contributed by atoms with E-state index in [-0.39, 0.29) is 0 Å². The van der Waals surface area contributed by atoms with Gasteiger partial charge in [0.1, 0.15) is 11.2 Å². The third-order valence-electron chi connectivity index (χ3n) is 10.0. The zero-order valence-corrected chi connectivity index (χ0v) is 26.2. The Hall–Kier alpha value is -6.65. The molecule has 0 saturated carbocycles. The predicted octanol–water partition coefficient (Wildman–Crippen LogP) is 11.9. The molecule has 2 heterocycles. The molecule has 1 aliphatic carbocycles. The van der Waals surface area contributed by atoms with Crippen LogP contribution < -0.4 is 0 Å². The van der Waals surface area contributed by atoms with Crippen molar-refractivity contribution in [2.75, 3.05) is 0 Å². The highest BCUT2D eigenvalue weighted by atomic mass is 16.3. The smallest absolute Gasteiger partial charge is 0.164 e. The second-order valence-electron chi connectivity index (χ2n) is 12.8. The van der Waals surface area contributed by atoms with Crippen molar-refractivity contribution >= 4 is 54.3 Å². The van der Waals surface area contributed by atoms with Gasteiger partial charge in [0.2, 0.25) is 0 Å². The fourth-order valence-electron chi connectivity index (χ4n) is 7.80. The van der Waals surface area contributed by atoms with Gasteiger partial charge >= 0.3 is 0 Å². The lowest BCUT2D eigenvalue weighted by molar-refractivity contribution is 0.669. The second-order valence-corrected chi connectivity index (χ2v) is 12.8. The molecule has 4 nitrogen and oxygen atoms in total. The Balaban J connectivity index is 1.19. The van der Waals surface area contributed by atoms with Crippen molar-refractivity contribution in [2.45, 2.75) is 0 Å². The van der Waals surface area contributed by atoms with Gasteiger partial charge in [-0.05, 0) is 84.9 Å². The van der Waals surface area contributed by atoms with Crippen LogP contribution in [0, 0.1) is 0 Å². The average molecular weight is 624 g/mol. The molecule has 4 heteroatoms. The topological polar surface area (TPSA) is 51.8 Å². The minimum Gasteiger partial charge on any atom is -0.456 e. The Labute approximate surface area is 281 Å². The van der Waals surface area contributed by atoms with Gasteiger partial charge in [-0.15, -0.1) is 0 Å². The van der Waals surface area contributed by atoms with Crippen LogP contribution in [-0.2, 0) is 0 Å². The van der Waals surface area contributed by atoms with Gasteiger partial charge in [0, 0.05) is 27.5 Å². The molecule has 0 aliphatic heterocycles. The number of benzene rings is 8. The third kappa shape index (κ3) is 3.89. The number of rotatable bonds is 3. The number of hydrogen-bond acceptors (Lipinski definition) is 4. The summed E-state index contributed by atoms with van der Waals surface area (Å²) in [4.78, 5) is 15.5. The maximum Gasteiger partial charge on any atom is 0.164 e. The number of nitrogens with zero attached hydrogens (tertiary/aromatic N) is 3. The molecule has 0 fully saturated rings. The molecule has 11 rings (SSSR count). The molecule has 0 spiro atoms. The van der Waals surface area contributed by atoms with Gasteiger partial charge in [0.15, 0.2) is 17.5 Å². The van der Waals surface area contributed by atoms with E-state index in [9.17, 15) is 0 Å². The molecule has 0 bridgehead atoms. The van der Waals surface area contributed by atoms with E-state index in [4.69, 9.17) is 19.4 Å². The summed E-state index contributed by atoms with van der Waals surface area (Å²) in [5, 5.41) is 9.26. The summed E-state index contributed by atoms with van der Waals surface area (Å²) >= 11 is 0. The first kappa shape index (κ1) is 26.4. The first-order valence-corrected chi connectivity index (χ1v) is 16.5. The zero-order chi connectivity index (χ0) is 32.1. The lowest BCUT2D eigenvalue weighted by Gasteiger charge is -2.11. The minimum absolute atomic E-state index is 0.612. The molecule has 0 unspecified atom stereocenters. The highest BCUT2D eigenvalue weighted by Crippen LogP contribution is 2.48. The lowest BCUT2D eigenvalue weighted by Crippen LogP contribution is -2.00. The molecule has 0 N–H and O–H groups in total. The Bertz CT molecular complexity index is 3000. The third-order valence-corrected chi connectivity index (χ3v) is 10.0. The van der Waals surface area contributed by atoms with Crippen molar-refractivity contribution in [1.82, 2.24) is 15.0 Å². The van der Waals surface area contributed by atoms with Crippen LogP contribution in [0.4, 0.5) is 0 Å². The van der Waals surface area contributed by atoms with Crippen LogP contribution in [0.5, 0.6) is 0 Å². The molecule has 0 amide bonds.